The number of rotatable bonds is 31. The fraction of sp³-hybridized carbons (Fsp3) is 0.595. The molecule has 0 spiro atoms. The van der Waals surface area contributed by atoms with E-state index in [0.717, 1.165) is 44.9 Å². The predicted octanol–water partition coefficient (Wildman–Crippen LogP) is 8.22. The maximum Gasteiger partial charge on any atom is 0.472 e. The number of carbonyl (C=O) groups excluding carboxylic acids is 2. The molecule has 278 valence electrons. The average molecular weight is 710 g/mol. The van der Waals surface area contributed by atoms with Crippen molar-refractivity contribution in [3.05, 3.63) is 72.9 Å². The maximum absolute atomic E-state index is 12.5. The van der Waals surface area contributed by atoms with E-state index < -0.39 is 51.1 Å². The zero-order chi connectivity index (χ0) is 36.4. The summed E-state index contributed by atoms with van der Waals surface area (Å²) in [5, 5.41) is 8.84. The van der Waals surface area contributed by atoms with E-state index in [0.29, 0.717) is 19.3 Å². The molecule has 0 aliphatic heterocycles. The number of phosphoric acid groups is 1. The molecule has 0 saturated heterocycles. The topological polar surface area (TPSA) is 172 Å². The van der Waals surface area contributed by atoms with E-state index in [1.54, 1.807) is 0 Å². The number of unbranched alkanes of at least 4 members (excludes halogenated alkanes) is 9. The monoisotopic (exact) mass is 709 g/mol. The van der Waals surface area contributed by atoms with Gasteiger partial charge in [0.15, 0.2) is 6.10 Å². The molecule has 12 heteroatoms. The second-order valence-corrected chi connectivity index (χ2v) is 12.8. The number of phosphoric ester groups is 1. The number of nitrogens with two attached hydrogens (primary N) is 1. The van der Waals surface area contributed by atoms with Gasteiger partial charge in [-0.05, 0) is 51.4 Å². The van der Waals surface area contributed by atoms with Crippen molar-refractivity contribution in [2.45, 2.75) is 122 Å². The highest BCUT2D eigenvalue weighted by Crippen LogP contribution is 2.43. The summed E-state index contributed by atoms with van der Waals surface area (Å²) in [6.07, 6.45) is 35.7. The molecule has 4 N–H and O–H groups in total. The highest BCUT2D eigenvalue weighted by molar-refractivity contribution is 7.47. The predicted molar refractivity (Wildman–Crippen MR) is 194 cm³/mol. The van der Waals surface area contributed by atoms with Crippen LogP contribution in [0.4, 0.5) is 0 Å². The molecular weight excluding hydrogens is 649 g/mol. The Morgan fingerprint density at radius 1 is 0.653 bits per heavy atom. The van der Waals surface area contributed by atoms with Gasteiger partial charge in [-0.3, -0.25) is 23.4 Å². The molecular formula is C37H60NO10P. The second kappa shape index (κ2) is 32.1. The smallest absolute Gasteiger partial charge is 0.472 e. The first-order valence-electron chi connectivity index (χ1n) is 17.5. The normalized spacial score (nSPS) is 14.9. The van der Waals surface area contributed by atoms with Crippen molar-refractivity contribution in [2.75, 3.05) is 19.8 Å². The lowest BCUT2D eigenvalue weighted by atomic mass is 10.1. The van der Waals surface area contributed by atoms with E-state index in [2.05, 4.69) is 36.6 Å². The minimum absolute atomic E-state index is 0.0594. The van der Waals surface area contributed by atoms with Gasteiger partial charge in [0.1, 0.15) is 12.6 Å². The van der Waals surface area contributed by atoms with E-state index in [1.807, 2.05) is 54.7 Å². The summed E-state index contributed by atoms with van der Waals surface area (Å²) in [5.74, 6) is -2.50. The van der Waals surface area contributed by atoms with Gasteiger partial charge in [0.25, 0.3) is 0 Å². The third-order valence-corrected chi connectivity index (χ3v) is 7.77. The molecule has 49 heavy (non-hydrogen) atoms. The van der Waals surface area contributed by atoms with Crippen LogP contribution in [0.3, 0.4) is 0 Å². The second-order valence-electron chi connectivity index (χ2n) is 11.4. The maximum atomic E-state index is 12.5. The van der Waals surface area contributed by atoms with Gasteiger partial charge in [0.2, 0.25) is 0 Å². The third kappa shape index (κ3) is 31.9. The van der Waals surface area contributed by atoms with Crippen LogP contribution in [0.5, 0.6) is 0 Å². The van der Waals surface area contributed by atoms with Crippen LogP contribution >= 0.6 is 7.82 Å². The van der Waals surface area contributed by atoms with Crippen molar-refractivity contribution in [2.24, 2.45) is 5.73 Å². The Labute approximate surface area is 293 Å². The van der Waals surface area contributed by atoms with E-state index in [-0.39, 0.29) is 19.4 Å². The van der Waals surface area contributed by atoms with Crippen molar-refractivity contribution in [1.82, 2.24) is 0 Å². The molecule has 0 amide bonds. The van der Waals surface area contributed by atoms with Crippen molar-refractivity contribution in [1.29, 1.82) is 0 Å². The largest absolute Gasteiger partial charge is 0.480 e. The van der Waals surface area contributed by atoms with E-state index in [1.165, 1.54) is 19.3 Å². The first-order chi connectivity index (χ1) is 23.6. The molecule has 0 aliphatic carbocycles. The van der Waals surface area contributed by atoms with Crippen LogP contribution in [0, 0.1) is 0 Å². The molecule has 0 saturated carbocycles. The molecule has 0 radical (unpaired) electrons. The van der Waals surface area contributed by atoms with Crippen LogP contribution in [0.25, 0.3) is 0 Å². The lowest BCUT2D eigenvalue weighted by molar-refractivity contribution is -0.161. The van der Waals surface area contributed by atoms with Crippen LogP contribution in [0.15, 0.2) is 72.9 Å². The Morgan fingerprint density at radius 2 is 1.18 bits per heavy atom. The van der Waals surface area contributed by atoms with Gasteiger partial charge in [-0.1, -0.05) is 119 Å². The lowest BCUT2D eigenvalue weighted by Gasteiger charge is -2.20. The molecule has 3 atom stereocenters. The molecule has 0 rings (SSSR count). The van der Waals surface area contributed by atoms with Gasteiger partial charge in [0, 0.05) is 12.8 Å². The summed E-state index contributed by atoms with van der Waals surface area (Å²) in [6.45, 7) is 2.50. The summed E-state index contributed by atoms with van der Waals surface area (Å²) in [6, 6.07) is -1.54. The van der Waals surface area contributed by atoms with E-state index in [9.17, 15) is 23.8 Å². The van der Waals surface area contributed by atoms with Crippen LogP contribution in [0.1, 0.15) is 110 Å². The first kappa shape index (κ1) is 45.9. The van der Waals surface area contributed by atoms with Crippen molar-refractivity contribution in [3.63, 3.8) is 0 Å². The zero-order valence-corrected chi connectivity index (χ0v) is 30.4. The number of carbonyl (C=O) groups is 3. The molecule has 11 nitrogen and oxygen atoms in total. The first-order valence-corrected chi connectivity index (χ1v) is 19.0. The standard InChI is InChI=1S/C37H60NO10P/c1-3-5-7-9-11-13-15-17-19-21-23-25-27-29-36(40)48-33(31-46-49(43,44)47-32-34(38)37(41)42)30-45-35(39)28-26-24-22-20-18-16-14-12-10-8-6-4-2/h5,7,9,11-15,17,19,21,23,33-34H,3-4,6,8,10,16,18,20,22,24-32,38H2,1-2H3,(H,41,42)(H,43,44)/b7-5+,11-9+,14-12+,15-13+,19-17+,23-21+/t33?,34-/m0/s1. The molecule has 0 aromatic carbocycles. The lowest BCUT2D eigenvalue weighted by Crippen LogP contribution is -2.34. The molecule has 2 unspecified atom stereocenters. The minimum atomic E-state index is -4.73. The summed E-state index contributed by atoms with van der Waals surface area (Å²) >= 11 is 0. The van der Waals surface area contributed by atoms with E-state index >= 15 is 0 Å². The number of hydrogen-bond donors (Lipinski definition) is 3. The number of hydrogen-bond acceptors (Lipinski definition) is 9. The fourth-order valence-corrected chi connectivity index (χ4v) is 4.81. The molecule has 0 heterocycles. The minimum Gasteiger partial charge on any atom is -0.480 e. The van der Waals surface area contributed by atoms with E-state index in [4.69, 9.17) is 24.8 Å². The number of carboxylic acids is 1. The Kier molecular flexibility index (Phi) is 30.1. The van der Waals surface area contributed by atoms with Crippen molar-refractivity contribution < 1.29 is 47.5 Å². The van der Waals surface area contributed by atoms with Gasteiger partial charge in [0.05, 0.1) is 13.2 Å². The molecule has 0 bridgehead atoms. The molecule has 0 aromatic heterocycles. The van der Waals surface area contributed by atoms with Gasteiger partial charge < -0.3 is 25.2 Å². The highest BCUT2D eigenvalue weighted by atomic mass is 31.2. The number of aliphatic carboxylic acids is 1. The number of ether oxygens (including phenoxy) is 2. The third-order valence-electron chi connectivity index (χ3n) is 6.82. The molecule has 0 aliphatic rings. The SMILES string of the molecule is CC/C=C/C=C/C=C/C=C/C=C/CCCC(=O)OC(COC(=O)CCCCCCC/C=C/CCCCC)COP(=O)(O)OC[C@H](N)C(=O)O. The summed E-state index contributed by atoms with van der Waals surface area (Å²) in [7, 11) is -4.73. The Bertz CT molecular complexity index is 1110. The number of allylic oxidation sites excluding steroid dienone is 12. The van der Waals surface area contributed by atoms with Crippen LogP contribution < -0.4 is 5.73 Å². The number of carboxylic acid groups (broad SMARTS) is 1. The fourth-order valence-electron chi connectivity index (χ4n) is 4.03. The van der Waals surface area contributed by atoms with Gasteiger partial charge in [-0.15, -0.1) is 0 Å². The summed E-state index contributed by atoms with van der Waals surface area (Å²) < 4.78 is 32.4. The van der Waals surface area contributed by atoms with Crippen LogP contribution in [-0.4, -0.2) is 59.9 Å². The highest BCUT2D eigenvalue weighted by Gasteiger charge is 2.28. The van der Waals surface area contributed by atoms with Gasteiger partial charge >= 0.3 is 25.7 Å². The molecule has 0 fully saturated rings. The Morgan fingerprint density at radius 3 is 1.82 bits per heavy atom. The van der Waals surface area contributed by atoms with Crippen LogP contribution in [-0.2, 0) is 37.5 Å². The van der Waals surface area contributed by atoms with Gasteiger partial charge in [-0.25, -0.2) is 4.57 Å². The van der Waals surface area contributed by atoms with Crippen molar-refractivity contribution in [3.8, 4) is 0 Å². The molecule has 0 aromatic rings. The Balaban J connectivity index is 4.66. The van der Waals surface area contributed by atoms with Crippen molar-refractivity contribution >= 4 is 25.7 Å². The summed E-state index contributed by atoms with van der Waals surface area (Å²) in [5.41, 5.74) is 5.30. The Hall–Kier alpha value is -3.08. The quantitative estimate of drug-likeness (QED) is 0.0208. The van der Waals surface area contributed by atoms with Gasteiger partial charge in [-0.2, -0.15) is 0 Å². The van der Waals surface area contributed by atoms with Crippen LogP contribution in [0.2, 0.25) is 0 Å². The number of esters is 2. The zero-order valence-electron chi connectivity index (χ0n) is 29.5. The summed E-state index contributed by atoms with van der Waals surface area (Å²) in [4.78, 5) is 45.6. The average Bonchev–Trinajstić information content (AvgIpc) is 3.07.